The number of nitrogens with zero attached hydrogens (tertiary/aromatic N) is 1. The first-order valence-corrected chi connectivity index (χ1v) is 10.4. The van der Waals surface area contributed by atoms with Crippen molar-refractivity contribution in [2.75, 3.05) is 13.1 Å². The number of carboxylic acid groups (broad SMARTS) is 1. The number of carboxylic acids is 1. The van der Waals surface area contributed by atoms with Gasteiger partial charge in [-0.2, -0.15) is 0 Å². The quantitative estimate of drug-likeness (QED) is 0.858. The van der Waals surface area contributed by atoms with Gasteiger partial charge < -0.3 is 5.11 Å². The molecular formula is C20H25NO4S. The molecule has 26 heavy (non-hydrogen) atoms. The van der Waals surface area contributed by atoms with Crippen molar-refractivity contribution >= 4 is 16.0 Å². The molecule has 2 unspecified atom stereocenters. The summed E-state index contributed by atoms with van der Waals surface area (Å²) in [5.41, 5.74) is 1.73. The van der Waals surface area contributed by atoms with Crippen LogP contribution >= 0.6 is 0 Å². The molecule has 1 saturated heterocycles. The van der Waals surface area contributed by atoms with E-state index in [1.807, 2.05) is 36.4 Å². The van der Waals surface area contributed by atoms with Crippen LogP contribution in [0.1, 0.15) is 43.2 Å². The van der Waals surface area contributed by atoms with Gasteiger partial charge in [-0.25, -0.2) is 12.7 Å². The average molecular weight is 375 g/mol. The van der Waals surface area contributed by atoms with Crippen molar-refractivity contribution in [3.05, 3.63) is 59.7 Å². The second-order valence-electron chi connectivity index (χ2n) is 7.28. The summed E-state index contributed by atoms with van der Waals surface area (Å²) in [6, 6.07) is 7.49. The van der Waals surface area contributed by atoms with E-state index in [0.717, 1.165) is 24.0 Å². The van der Waals surface area contributed by atoms with Gasteiger partial charge in [-0.15, -0.1) is 0 Å². The van der Waals surface area contributed by atoms with E-state index in [1.54, 1.807) is 23.4 Å². The van der Waals surface area contributed by atoms with Gasteiger partial charge in [-0.1, -0.05) is 48.6 Å². The summed E-state index contributed by atoms with van der Waals surface area (Å²) >= 11 is 0. The molecule has 1 aromatic rings. The molecule has 0 radical (unpaired) electrons. The van der Waals surface area contributed by atoms with Gasteiger partial charge >= 0.3 is 5.97 Å². The van der Waals surface area contributed by atoms with Crippen molar-refractivity contribution in [2.24, 2.45) is 0 Å². The highest BCUT2D eigenvalue weighted by Gasteiger charge is 2.42. The van der Waals surface area contributed by atoms with E-state index in [1.165, 1.54) is 0 Å². The number of benzene rings is 1. The Hall–Kier alpha value is -1.92. The van der Waals surface area contributed by atoms with Crippen LogP contribution in [0.2, 0.25) is 0 Å². The summed E-state index contributed by atoms with van der Waals surface area (Å²) in [5.74, 6) is -0.842. The van der Waals surface area contributed by atoms with Crippen molar-refractivity contribution in [1.82, 2.24) is 4.31 Å². The lowest BCUT2D eigenvalue weighted by Crippen LogP contribution is -2.49. The van der Waals surface area contributed by atoms with Gasteiger partial charge in [0.2, 0.25) is 10.0 Å². The van der Waals surface area contributed by atoms with E-state index in [9.17, 15) is 13.2 Å². The largest absolute Gasteiger partial charge is 0.481 e. The lowest BCUT2D eigenvalue weighted by molar-refractivity contribution is -0.136. The van der Waals surface area contributed by atoms with E-state index >= 15 is 0 Å². The zero-order chi connectivity index (χ0) is 18.8. The molecule has 5 nitrogen and oxygen atoms in total. The molecule has 1 aliphatic heterocycles. The molecule has 1 N–H and O–H groups in total. The maximum absolute atomic E-state index is 13.2. The Morgan fingerprint density at radius 1 is 1.31 bits per heavy atom. The molecule has 1 aliphatic carbocycles. The van der Waals surface area contributed by atoms with Crippen molar-refractivity contribution < 1.29 is 18.3 Å². The lowest BCUT2D eigenvalue weighted by atomic mass is 9.87. The fourth-order valence-electron chi connectivity index (χ4n) is 3.86. The number of sulfonamides is 1. The molecule has 6 heteroatoms. The molecule has 1 aromatic carbocycles. The van der Waals surface area contributed by atoms with Crippen LogP contribution in [0.4, 0.5) is 0 Å². The molecule has 1 heterocycles. The fourth-order valence-corrected chi connectivity index (χ4v) is 5.76. The Kier molecular flexibility index (Phi) is 5.34. The van der Waals surface area contributed by atoms with Gasteiger partial charge in [-0.3, -0.25) is 4.79 Å². The molecule has 0 bridgehead atoms. The van der Waals surface area contributed by atoms with Crippen LogP contribution in [0.3, 0.4) is 0 Å². The fraction of sp³-hybridized carbons (Fsp3) is 0.450. The van der Waals surface area contributed by atoms with Gasteiger partial charge in [0.1, 0.15) is 4.75 Å². The normalized spacial score (nSPS) is 26.7. The molecule has 0 aromatic heterocycles. The molecule has 0 saturated carbocycles. The first-order valence-electron chi connectivity index (χ1n) is 8.97. The molecule has 0 amide bonds. The minimum Gasteiger partial charge on any atom is -0.481 e. The molecule has 140 valence electrons. The van der Waals surface area contributed by atoms with Gasteiger partial charge in [0, 0.05) is 13.1 Å². The van der Waals surface area contributed by atoms with E-state index in [0.29, 0.717) is 19.5 Å². The first kappa shape index (κ1) is 18.9. The number of carbonyl (C=O) groups is 1. The third-order valence-electron chi connectivity index (χ3n) is 5.37. The minimum absolute atomic E-state index is 0.0285. The summed E-state index contributed by atoms with van der Waals surface area (Å²) in [5, 5.41) is 9.15. The van der Waals surface area contributed by atoms with Crippen molar-refractivity contribution in [3.63, 3.8) is 0 Å². The van der Waals surface area contributed by atoms with Crippen molar-refractivity contribution in [1.29, 1.82) is 0 Å². The molecule has 2 aliphatic rings. The first-order chi connectivity index (χ1) is 12.3. The van der Waals surface area contributed by atoms with Crippen LogP contribution in [0.25, 0.3) is 0 Å². The van der Waals surface area contributed by atoms with Gasteiger partial charge in [-0.05, 0) is 43.2 Å². The third-order valence-corrected chi connectivity index (χ3v) is 7.86. The third kappa shape index (κ3) is 3.62. The van der Waals surface area contributed by atoms with E-state index in [4.69, 9.17) is 5.11 Å². The van der Waals surface area contributed by atoms with Crippen LogP contribution in [0, 0.1) is 0 Å². The SMILES string of the molecule is CC1(S(=O)(=O)N2CCCC(c3ccccc3CC(=O)O)C2)C=CC=CC1. The average Bonchev–Trinajstić information content (AvgIpc) is 2.62. The topological polar surface area (TPSA) is 74.7 Å². The number of allylic oxidation sites excluding steroid dienone is 3. The monoisotopic (exact) mass is 375 g/mol. The molecule has 3 rings (SSSR count). The van der Waals surface area contributed by atoms with Crippen molar-refractivity contribution in [2.45, 2.75) is 43.3 Å². The van der Waals surface area contributed by atoms with Gasteiger partial charge in [0.25, 0.3) is 0 Å². The maximum Gasteiger partial charge on any atom is 0.307 e. The zero-order valence-corrected chi connectivity index (χ0v) is 15.8. The summed E-state index contributed by atoms with van der Waals surface area (Å²) < 4.78 is 27.2. The molecule has 1 fully saturated rings. The number of hydrogen-bond donors (Lipinski definition) is 1. The predicted molar refractivity (Wildman–Crippen MR) is 102 cm³/mol. The highest BCUT2D eigenvalue weighted by atomic mass is 32.2. The predicted octanol–water partition coefficient (Wildman–Crippen LogP) is 3.10. The molecule has 0 spiro atoms. The number of hydrogen-bond acceptors (Lipinski definition) is 3. The van der Waals surface area contributed by atoms with E-state index in [-0.39, 0.29) is 12.3 Å². The van der Waals surface area contributed by atoms with Crippen LogP contribution in [-0.4, -0.2) is 41.6 Å². The van der Waals surface area contributed by atoms with E-state index in [2.05, 4.69) is 0 Å². The number of aliphatic carboxylic acids is 1. The number of piperidine rings is 1. The lowest BCUT2D eigenvalue weighted by Gasteiger charge is -2.38. The van der Waals surface area contributed by atoms with Crippen LogP contribution in [0.15, 0.2) is 48.6 Å². The summed E-state index contributed by atoms with van der Waals surface area (Å²) in [7, 11) is -3.48. The Morgan fingerprint density at radius 3 is 2.77 bits per heavy atom. The van der Waals surface area contributed by atoms with Crippen LogP contribution < -0.4 is 0 Å². The van der Waals surface area contributed by atoms with Gasteiger partial charge in [0.15, 0.2) is 0 Å². The summed E-state index contributed by atoms with van der Waals surface area (Å²) in [6.07, 6.45) is 9.41. The second kappa shape index (κ2) is 7.37. The number of rotatable bonds is 5. The highest BCUT2D eigenvalue weighted by molar-refractivity contribution is 7.90. The Bertz CT molecular complexity index is 843. The summed E-state index contributed by atoms with van der Waals surface area (Å²) in [4.78, 5) is 11.2. The van der Waals surface area contributed by atoms with Gasteiger partial charge in [0.05, 0.1) is 6.42 Å². The Morgan fingerprint density at radius 2 is 2.08 bits per heavy atom. The maximum atomic E-state index is 13.2. The van der Waals surface area contributed by atoms with Crippen LogP contribution in [0.5, 0.6) is 0 Å². The summed E-state index contributed by atoms with van der Waals surface area (Å²) in [6.45, 7) is 2.70. The second-order valence-corrected chi connectivity index (χ2v) is 9.67. The van der Waals surface area contributed by atoms with E-state index < -0.39 is 20.7 Å². The standard InChI is InChI=1S/C20H25NO4S/c1-20(11-5-2-6-12-20)26(24,25)21-13-7-9-17(15-21)18-10-4-3-8-16(18)14-19(22)23/h2-6,8,10-11,17H,7,9,12-15H2,1H3,(H,22,23). The van der Waals surface area contributed by atoms with Crippen molar-refractivity contribution in [3.8, 4) is 0 Å². The molecule has 2 atom stereocenters. The highest BCUT2D eigenvalue weighted by Crippen LogP contribution is 2.36. The Balaban J connectivity index is 1.85. The molecular weight excluding hydrogens is 350 g/mol. The minimum atomic E-state index is -3.48. The Labute approximate surface area is 155 Å². The van der Waals surface area contributed by atoms with Crippen LogP contribution in [-0.2, 0) is 21.2 Å². The zero-order valence-electron chi connectivity index (χ0n) is 15.0. The smallest absolute Gasteiger partial charge is 0.307 e.